The van der Waals surface area contributed by atoms with Gasteiger partial charge in [0.1, 0.15) is 5.58 Å². The molecular weight excluding hydrogens is 404 g/mol. The number of H-pyrrole nitrogens is 1. The Morgan fingerprint density at radius 2 is 1.30 bits per heavy atom. The molecule has 33 heavy (non-hydrogen) atoms. The molecule has 0 aliphatic heterocycles. The smallest absolute Gasteiger partial charge is 0.159 e. The summed E-state index contributed by atoms with van der Waals surface area (Å²) in [5, 5.41) is 7.23. The number of para-hydroxylation sites is 3. The van der Waals surface area contributed by atoms with E-state index < -0.39 is 0 Å². The third kappa shape index (κ3) is 2.18. The van der Waals surface area contributed by atoms with E-state index in [4.69, 9.17) is 4.42 Å². The topological polar surface area (TPSA) is 33.9 Å². The lowest BCUT2D eigenvalue weighted by Gasteiger charge is -2.07. The summed E-state index contributed by atoms with van der Waals surface area (Å²) in [7, 11) is 0. The van der Waals surface area contributed by atoms with Crippen molar-refractivity contribution >= 4 is 65.6 Å². The van der Waals surface area contributed by atoms with Crippen LogP contribution in [-0.2, 0) is 0 Å². The molecule has 8 rings (SSSR count). The molecule has 0 fully saturated rings. The van der Waals surface area contributed by atoms with Crippen LogP contribution in [0.25, 0.3) is 71.2 Å². The van der Waals surface area contributed by atoms with E-state index in [1.165, 1.54) is 38.3 Å². The third-order valence-electron chi connectivity index (χ3n) is 6.92. The van der Waals surface area contributed by atoms with Gasteiger partial charge in [0.25, 0.3) is 0 Å². The fourth-order valence-corrected chi connectivity index (χ4v) is 5.47. The summed E-state index contributed by atoms with van der Waals surface area (Å²) in [6.45, 7) is 0. The number of nitrogens with one attached hydrogen (secondary N) is 1. The zero-order valence-electron chi connectivity index (χ0n) is 17.7. The van der Waals surface area contributed by atoms with E-state index in [1.54, 1.807) is 0 Å². The zero-order valence-corrected chi connectivity index (χ0v) is 17.7. The molecule has 0 atom stereocenters. The van der Waals surface area contributed by atoms with Crippen molar-refractivity contribution in [3.8, 4) is 5.69 Å². The van der Waals surface area contributed by atoms with E-state index in [0.29, 0.717) is 0 Å². The van der Waals surface area contributed by atoms with Crippen LogP contribution in [0.2, 0.25) is 0 Å². The first-order valence-corrected chi connectivity index (χ1v) is 11.2. The van der Waals surface area contributed by atoms with Crippen LogP contribution < -0.4 is 0 Å². The highest BCUT2D eigenvalue weighted by Gasteiger charge is 2.17. The Bertz CT molecular complexity index is 2020. The maximum atomic E-state index is 6.30. The second-order valence-electron chi connectivity index (χ2n) is 8.69. The number of fused-ring (bicyclic) bond motifs is 10. The highest BCUT2D eigenvalue weighted by molar-refractivity contribution is 6.23. The average Bonchev–Trinajstić information content (AvgIpc) is 3.52. The Balaban J connectivity index is 1.54. The summed E-state index contributed by atoms with van der Waals surface area (Å²) in [6, 6.07) is 36.5. The van der Waals surface area contributed by atoms with E-state index in [0.717, 1.165) is 33.0 Å². The maximum absolute atomic E-state index is 6.30. The Morgan fingerprint density at radius 1 is 0.545 bits per heavy atom. The molecule has 0 amide bonds. The highest BCUT2D eigenvalue weighted by Crippen LogP contribution is 2.40. The van der Waals surface area contributed by atoms with Gasteiger partial charge in [0.2, 0.25) is 0 Å². The van der Waals surface area contributed by atoms with Gasteiger partial charge in [-0.2, -0.15) is 0 Å². The minimum atomic E-state index is 0.922. The molecule has 0 unspecified atom stereocenters. The van der Waals surface area contributed by atoms with Gasteiger partial charge in [-0.3, -0.25) is 0 Å². The van der Waals surface area contributed by atoms with Gasteiger partial charge >= 0.3 is 0 Å². The molecule has 0 radical (unpaired) electrons. The van der Waals surface area contributed by atoms with Crippen LogP contribution in [0.4, 0.5) is 0 Å². The minimum absolute atomic E-state index is 0.922. The fourth-order valence-electron chi connectivity index (χ4n) is 5.47. The molecule has 0 spiro atoms. The van der Waals surface area contributed by atoms with E-state index in [1.807, 2.05) is 12.1 Å². The van der Waals surface area contributed by atoms with Gasteiger partial charge in [-0.1, -0.05) is 60.7 Å². The number of nitrogens with zero attached hydrogens (tertiary/aromatic N) is 1. The van der Waals surface area contributed by atoms with Crippen molar-refractivity contribution in [3.63, 3.8) is 0 Å². The lowest BCUT2D eigenvalue weighted by atomic mass is 10.1. The van der Waals surface area contributed by atoms with Crippen molar-refractivity contribution in [2.24, 2.45) is 0 Å². The van der Waals surface area contributed by atoms with Crippen LogP contribution in [0, 0.1) is 0 Å². The first kappa shape index (κ1) is 17.1. The molecule has 0 saturated carbocycles. The monoisotopic (exact) mass is 422 g/mol. The average molecular weight is 422 g/mol. The Kier molecular flexibility index (Phi) is 3.14. The van der Waals surface area contributed by atoms with Crippen molar-refractivity contribution in [1.82, 2.24) is 9.55 Å². The van der Waals surface area contributed by atoms with Crippen LogP contribution in [0.3, 0.4) is 0 Å². The molecule has 3 heteroatoms. The molecule has 3 aromatic heterocycles. The van der Waals surface area contributed by atoms with Crippen molar-refractivity contribution in [2.75, 3.05) is 0 Å². The van der Waals surface area contributed by atoms with Crippen LogP contribution in [0.15, 0.2) is 108 Å². The predicted octanol–water partition coefficient (Wildman–Crippen LogP) is 8.32. The molecule has 3 heterocycles. The van der Waals surface area contributed by atoms with Gasteiger partial charge in [0.15, 0.2) is 5.58 Å². The zero-order chi connectivity index (χ0) is 21.5. The molecule has 0 bridgehead atoms. The fraction of sp³-hybridized carbons (Fsp3) is 0. The number of furan rings is 1. The Morgan fingerprint density at radius 3 is 2.21 bits per heavy atom. The molecular formula is C30H18N2O. The normalized spacial score (nSPS) is 12.2. The number of rotatable bonds is 1. The van der Waals surface area contributed by atoms with Crippen LogP contribution in [-0.4, -0.2) is 9.55 Å². The number of aromatic nitrogens is 2. The van der Waals surface area contributed by atoms with Crippen molar-refractivity contribution in [2.45, 2.75) is 0 Å². The minimum Gasteiger partial charge on any atom is -0.454 e. The van der Waals surface area contributed by atoms with E-state index in [2.05, 4.69) is 101 Å². The van der Waals surface area contributed by atoms with Crippen LogP contribution >= 0.6 is 0 Å². The molecule has 8 aromatic rings. The lowest BCUT2D eigenvalue weighted by molar-refractivity contribution is 0.672. The summed E-state index contributed by atoms with van der Waals surface area (Å²) in [4.78, 5) is 3.69. The predicted molar refractivity (Wildman–Crippen MR) is 137 cm³/mol. The second kappa shape index (κ2) is 6.05. The number of hydrogen-bond acceptors (Lipinski definition) is 1. The number of benzene rings is 5. The van der Waals surface area contributed by atoms with E-state index >= 15 is 0 Å². The summed E-state index contributed by atoms with van der Waals surface area (Å²) in [5.74, 6) is 0. The van der Waals surface area contributed by atoms with Crippen LogP contribution in [0.5, 0.6) is 0 Å². The van der Waals surface area contributed by atoms with Crippen molar-refractivity contribution in [3.05, 3.63) is 103 Å². The molecule has 0 saturated heterocycles. The first-order chi connectivity index (χ1) is 16.4. The molecule has 5 aromatic carbocycles. The Hall–Kier alpha value is -4.50. The lowest BCUT2D eigenvalue weighted by Crippen LogP contribution is -1.92. The third-order valence-corrected chi connectivity index (χ3v) is 6.92. The molecule has 1 N–H and O–H groups in total. The summed E-state index contributed by atoms with van der Waals surface area (Å²) in [5.41, 5.74) is 7.60. The van der Waals surface area contributed by atoms with Crippen molar-refractivity contribution < 1.29 is 4.42 Å². The van der Waals surface area contributed by atoms with Gasteiger partial charge in [-0.15, -0.1) is 0 Å². The van der Waals surface area contributed by atoms with E-state index in [-0.39, 0.29) is 0 Å². The largest absolute Gasteiger partial charge is 0.454 e. The SMILES string of the molecule is c1ccc(-n2c3ccccc3c3cc4c(cc32)[nH]c2c4ccc3c4ccccc4oc32)cc1. The van der Waals surface area contributed by atoms with Gasteiger partial charge in [-0.05, 0) is 42.5 Å². The maximum Gasteiger partial charge on any atom is 0.159 e. The quantitative estimate of drug-likeness (QED) is 0.283. The molecule has 0 aliphatic carbocycles. The summed E-state index contributed by atoms with van der Waals surface area (Å²) in [6.07, 6.45) is 0. The number of aromatic amines is 1. The van der Waals surface area contributed by atoms with Crippen molar-refractivity contribution in [1.29, 1.82) is 0 Å². The molecule has 154 valence electrons. The van der Waals surface area contributed by atoms with Crippen LogP contribution in [0.1, 0.15) is 0 Å². The Labute approximate surface area is 188 Å². The first-order valence-electron chi connectivity index (χ1n) is 11.2. The van der Waals surface area contributed by atoms with Gasteiger partial charge < -0.3 is 14.0 Å². The standard InChI is InChI=1S/C30H18N2O/c1-2-8-18(9-3-1)32-26-12-6-4-10-19(26)24-16-23-21-14-15-22-20-11-5-7-13-28(20)33-30(22)29(21)31-25(23)17-27(24)32/h1-17,31H. The van der Waals surface area contributed by atoms with Gasteiger partial charge in [0, 0.05) is 43.5 Å². The van der Waals surface area contributed by atoms with Gasteiger partial charge in [-0.25, -0.2) is 0 Å². The second-order valence-corrected chi connectivity index (χ2v) is 8.69. The molecule has 0 aliphatic rings. The summed E-state index contributed by atoms with van der Waals surface area (Å²) < 4.78 is 8.65. The van der Waals surface area contributed by atoms with E-state index in [9.17, 15) is 0 Å². The molecule has 3 nitrogen and oxygen atoms in total. The summed E-state index contributed by atoms with van der Waals surface area (Å²) >= 11 is 0. The highest BCUT2D eigenvalue weighted by atomic mass is 16.3. The number of hydrogen-bond donors (Lipinski definition) is 1. The van der Waals surface area contributed by atoms with Gasteiger partial charge in [0.05, 0.1) is 16.6 Å².